The van der Waals surface area contributed by atoms with Gasteiger partial charge in [0.25, 0.3) is 6.48 Å². The molecule has 0 aromatic heterocycles. The number of hydrogen-bond donors (Lipinski definition) is 8. The zero-order chi connectivity index (χ0) is 83.7. The van der Waals surface area contributed by atoms with Crippen LogP contribution in [0.15, 0.2) is 131 Å². The molecule has 10 N–H and O–H groups in total. The van der Waals surface area contributed by atoms with E-state index in [0.29, 0.717) is 19.8 Å². The fourth-order valence-electron chi connectivity index (χ4n) is 3.57. The molecule has 2 unspecified atom stereocenters. The molecule has 2 heterocycles. The smallest absolute Gasteiger partial charge is 0.445 e. The van der Waals surface area contributed by atoms with Gasteiger partial charge in [0.1, 0.15) is 13.2 Å². The van der Waals surface area contributed by atoms with Crippen LogP contribution in [-0.2, 0) is 80.0 Å². The number of alkyl carbamates (subject to hydrolysis) is 1. The molecule has 2 atom stereocenters. The zero-order valence-electron chi connectivity index (χ0n) is 66.9. The van der Waals surface area contributed by atoms with Crippen molar-refractivity contribution in [2.45, 2.75) is 35.9 Å². The Morgan fingerprint density at radius 1 is 0.500 bits per heavy atom. The largest absolute Gasteiger partial charge is 0.508 e. The number of allylic oxidation sites excluding steroid dienone is 10. The molecule has 108 heavy (non-hydrogen) atoms. The maximum absolute atomic E-state index is 10.8. The number of thiocarbonyl (C=S) groups is 2. The molecule has 4 aliphatic rings. The molecular formula is C68H124N4O20S16-4. The molecule has 2 fully saturated rings. The quantitative estimate of drug-likeness (QED) is 0.0116. The lowest BCUT2D eigenvalue weighted by molar-refractivity contribution is -0.247. The summed E-state index contributed by atoms with van der Waals surface area (Å²) in [6.45, 7) is 8.01. The number of thioether (sulfide) groups is 6. The van der Waals surface area contributed by atoms with Gasteiger partial charge in [-0.2, -0.15) is 109 Å². The highest BCUT2D eigenvalue weighted by Gasteiger charge is 2.03. The Labute approximate surface area is 717 Å². The van der Waals surface area contributed by atoms with Crippen molar-refractivity contribution >= 4 is 228 Å². The summed E-state index contributed by atoms with van der Waals surface area (Å²) in [6.07, 6.45) is 38.6. The summed E-state index contributed by atoms with van der Waals surface area (Å²) in [4.78, 5) is 90.6. The van der Waals surface area contributed by atoms with E-state index in [1.807, 2.05) is 196 Å². The van der Waals surface area contributed by atoms with Crippen LogP contribution in [0.3, 0.4) is 0 Å². The minimum absolute atomic E-state index is 0. The van der Waals surface area contributed by atoms with Gasteiger partial charge in [0.15, 0.2) is 0 Å². The van der Waals surface area contributed by atoms with Crippen LogP contribution in [0.1, 0.15) is 11.1 Å². The van der Waals surface area contributed by atoms with Crippen molar-refractivity contribution in [3.63, 3.8) is 0 Å². The van der Waals surface area contributed by atoms with E-state index < -0.39 is 25.1 Å². The number of nitrogens with two attached hydrogens (primary N) is 2. The molecule has 2 aromatic carbocycles. The van der Waals surface area contributed by atoms with Gasteiger partial charge in [-0.3, -0.25) is 5.32 Å². The van der Waals surface area contributed by atoms with Crippen molar-refractivity contribution in [3.8, 4) is 0 Å². The number of amides is 1. The molecule has 0 spiro atoms. The summed E-state index contributed by atoms with van der Waals surface area (Å²) in [7, 11) is 24.4. The van der Waals surface area contributed by atoms with Gasteiger partial charge in [-0.1, -0.05) is 173 Å². The number of carbonyl (C=O) groups excluding carboxylic acids is 10. The number of benzene rings is 2. The summed E-state index contributed by atoms with van der Waals surface area (Å²) < 4.78 is 28.2. The predicted octanol–water partition coefficient (Wildman–Crippen LogP) is 15.0. The van der Waals surface area contributed by atoms with E-state index in [9.17, 15) is 9.59 Å². The van der Waals surface area contributed by atoms with Crippen molar-refractivity contribution in [2.24, 2.45) is 11.5 Å². The van der Waals surface area contributed by atoms with Gasteiger partial charge in [-0.05, 0) is 167 Å². The molecule has 40 heteroatoms. The highest BCUT2D eigenvalue weighted by molar-refractivity contribution is 8.77. The number of aliphatic hydroxyl groups is 4. The number of ether oxygens (including phenoxy) is 6. The number of rotatable bonds is 20. The Kier molecular flexibility index (Phi) is 214. The first kappa shape index (κ1) is 151. The lowest BCUT2D eigenvalue weighted by Crippen LogP contribution is -2.28. The summed E-state index contributed by atoms with van der Waals surface area (Å²) in [5, 5.41) is 36.5. The number of carbonyl (C=O) groups is 2. The van der Waals surface area contributed by atoms with Gasteiger partial charge in [-0.25, -0.2) is 9.59 Å². The van der Waals surface area contributed by atoms with Crippen molar-refractivity contribution in [2.75, 3.05) is 179 Å². The van der Waals surface area contributed by atoms with E-state index in [4.69, 9.17) is 102 Å². The van der Waals surface area contributed by atoms with Crippen molar-refractivity contribution in [3.05, 3.63) is 162 Å². The van der Waals surface area contributed by atoms with Crippen LogP contribution in [-0.4, -0.2) is 259 Å². The first-order valence-corrected chi connectivity index (χ1v) is 48.5. The summed E-state index contributed by atoms with van der Waals surface area (Å²) in [5.74, 6) is 7.43. The lowest BCUT2D eigenvalue weighted by atomic mass is 10.1. The van der Waals surface area contributed by atoms with Gasteiger partial charge < -0.3 is 95.3 Å². The van der Waals surface area contributed by atoms with Crippen LogP contribution in [0.2, 0.25) is 0 Å². The van der Waals surface area contributed by atoms with Gasteiger partial charge >= 0.3 is 36.9 Å². The molecule has 2 aliphatic carbocycles. The van der Waals surface area contributed by atoms with Gasteiger partial charge in [0.05, 0.1) is 20.3 Å². The normalized spacial score (nSPS) is 10.3. The van der Waals surface area contributed by atoms with Crippen molar-refractivity contribution in [1.82, 2.24) is 10.6 Å². The molecule has 2 aromatic rings. The summed E-state index contributed by atoms with van der Waals surface area (Å²) >= 11 is 20.7. The van der Waals surface area contributed by atoms with Crippen molar-refractivity contribution in [1.29, 1.82) is 0 Å². The number of nitrogens with one attached hydrogen (secondary N) is 2. The standard InChI is InChI=1S/C10H13NO2S2.C10H12O3S2.2C7H6S.C5H13NO2S2.C5H12O3S2.2C2H4S.4C2H6S.2CH5N.4CO2.2CH4O.4CH3/c1-11-10(12)13-7-8-3-5-9(6-4-8)15-14-2;1-12-10(11)13-7-8-3-5-9(6-4-8)15-14-2;2*1-6-2-4-7(8)5-3-6;1-6-5(7)8-3-4-10-9-2;1-7-5(6)8-3-4-10-9-2;2*1-2-3-1;4*1-3-2;2*1-2;4*2-1-3;2*1-2;;;;/h3-6H,7H2,1-2H3,(H,11,12);3-6H,7H2,1-2H3;2*2-5H,1H2;5-7H,3-4H2,1-2H3;5-6H,3-4H2,1-2H3;2*1-2H2;4*1-2H3;2*2H2,1H3;;;;;2*2H,1H3;4*1H3/q;;;;;;;;;;;;;;;;;;;;4*-1. The lowest BCUT2D eigenvalue weighted by Gasteiger charge is -2.08. The fourth-order valence-corrected chi connectivity index (χ4v) is 8.61. The minimum atomic E-state index is -1.07. The van der Waals surface area contributed by atoms with Gasteiger partial charge in [0, 0.05) is 82.4 Å². The Bertz CT molecular complexity index is 2100. The molecular weight excluding hydrogens is 1710 g/mol. The van der Waals surface area contributed by atoms with Crippen LogP contribution in [0.5, 0.6) is 0 Å². The Hall–Kier alpha value is -2.38. The highest BCUT2D eigenvalue weighted by Crippen LogP contribution is 2.29. The Balaban J connectivity index is -0.0000000514. The molecule has 2 aliphatic heterocycles. The maximum Gasteiger partial charge on any atom is 0.508 e. The van der Waals surface area contributed by atoms with E-state index in [-0.39, 0.29) is 60.9 Å². The van der Waals surface area contributed by atoms with Gasteiger partial charge in [-0.15, -0.1) is 0 Å². The van der Waals surface area contributed by atoms with Crippen LogP contribution < -0.4 is 22.1 Å². The zero-order valence-corrected chi connectivity index (χ0v) is 79.9. The average Bonchev–Trinajstić information content (AvgIpc) is 1.87. The van der Waals surface area contributed by atoms with E-state index in [2.05, 4.69) is 44.7 Å². The van der Waals surface area contributed by atoms with Crippen LogP contribution in [0.25, 0.3) is 0 Å². The van der Waals surface area contributed by atoms with E-state index in [1.54, 1.807) is 147 Å². The van der Waals surface area contributed by atoms with Crippen LogP contribution >= 0.6 is 181 Å². The average molecular weight is 1830 g/mol. The molecule has 636 valence electrons. The van der Waals surface area contributed by atoms with E-state index >= 15 is 0 Å². The first-order valence-electron chi connectivity index (χ1n) is 28.2. The number of aliphatic hydroxyl groups excluding tert-OH is 4. The molecule has 1 amide bonds. The highest BCUT2D eigenvalue weighted by atomic mass is 33.1. The predicted molar refractivity (Wildman–Crippen MR) is 495 cm³/mol. The third kappa shape index (κ3) is 191. The molecule has 24 nitrogen and oxygen atoms in total. The fraction of sp³-hybridized carbons (Fsp3) is 0.471. The third-order valence-electron chi connectivity index (χ3n) is 7.11. The third-order valence-corrected chi connectivity index (χ3v) is 15.4. The molecule has 6 rings (SSSR count). The van der Waals surface area contributed by atoms with Crippen molar-refractivity contribution < 1.29 is 96.8 Å². The maximum atomic E-state index is 10.8. The summed E-state index contributed by atoms with van der Waals surface area (Å²) in [6, 6.07) is 15.8. The Morgan fingerprint density at radius 2 is 0.759 bits per heavy atom. The second-order valence-electron chi connectivity index (χ2n) is 14.7. The van der Waals surface area contributed by atoms with Crippen LogP contribution in [0.4, 0.5) is 9.59 Å². The molecule has 0 bridgehead atoms. The molecule has 2 saturated heterocycles. The summed E-state index contributed by atoms with van der Waals surface area (Å²) in [5.41, 5.74) is 13.0. The van der Waals surface area contributed by atoms with Gasteiger partial charge in [0.2, 0.25) is 6.41 Å². The monoisotopic (exact) mass is 1830 g/mol. The van der Waals surface area contributed by atoms with Crippen LogP contribution in [0, 0.1) is 29.7 Å². The SMILES string of the molecule is C1CS1.C1CS1.C=C1C=CC(=S)C=C1.C=C1C=CC(=S)C=C1.CN.CN.CNC(=O)OCc1ccc(SSC)cc1.CNC(O)OCCSSC.CO.CO.COC(=O)OCc1ccc(SSC)cc1.COC(O)OCCSSC.CSC.CSC.CSC.CSC.O=C=O.O=C=O.O=C=O.O=C=O.[CH3-].[CH3-].[CH3-].[CH3-]. The topological polar surface area (TPSA) is 383 Å². The molecule has 0 saturated carbocycles. The number of hydrogen-bond acceptors (Lipinski definition) is 39. The number of methoxy groups -OCH3 is 2. The van der Waals surface area contributed by atoms with E-state index in [1.165, 1.54) is 61.1 Å². The second kappa shape index (κ2) is 153. The van der Waals surface area contributed by atoms with E-state index in [0.717, 1.165) is 57.7 Å². The minimum Gasteiger partial charge on any atom is -0.445 e. The first-order chi connectivity index (χ1) is 50.0. The molecule has 0 radical (unpaired) electrons. The second-order valence-corrected chi connectivity index (χ2v) is 31.7. The Morgan fingerprint density at radius 3 is 0.963 bits per heavy atom.